The molecule has 0 radical (unpaired) electrons. The van der Waals surface area contributed by atoms with Gasteiger partial charge in [-0.3, -0.25) is 0 Å². The van der Waals surface area contributed by atoms with Crippen LogP contribution in [0.2, 0.25) is 0 Å². The molecule has 0 bridgehead atoms. The third-order valence-electron chi connectivity index (χ3n) is 6.47. The molecule has 1 aliphatic heterocycles. The van der Waals surface area contributed by atoms with Gasteiger partial charge >= 0.3 is 6.18 Å². The minimum atomic E-state index is -4.29. The van der Waals surface area contributed by atoms with Crippen molar-refractivity contribution in [3.63, 3.8) is 0 Å². The topological polar surface area (TPSA) is 23.5 Å². The zero-order chi connectivity index (χ0) is 19.9. The molecule has 2 atom stereocenters. The highest BCUT2D eigenvalue weighted by atomic mass is 19.4. The van der Waals surface area contributed by atoms with Crippen LogP contribution in [-0.2, 0) is 18.2 Å². The summed E-state index contributed by atoms with van der Waals surface area (Å²) in [6.45, 7) is 4.63. The molecule has 0 aromatic heterocycles. The first-order valence-corrected chi connectivity index (χ1v) is 9.91. The number of hydrogen-bond donors (Lipinski definition) is 1. The van der Waals surface area contributed by atoms with Gasteiger partial charge in [-0.2, -0.15) is 13.2 Å². The van der Waals surface area contributed by atoms with Crippen molar-refractivity contribution < 1.29 is 18.3 Å². The fourth-order valence-corrected chi connectivity index (χ4v) is 5.14. The predicted octanol–water partition coefficient (Wildman–Crippen LogP) is 4.79. The van der Waals surface area contributed by atoms with E-state index in [4.69, 9.17) is 0 Å². The molecule has 2 aromatic carbocycles. The lowest BCUT2D eigenvalue weighted by molar-refractivity contribution is -0.137. The molecular formula is C23H26F3NO. The number of benzene rings is 2. The van der Waals surface area contributed by atoms with E-state index in [1.165, 1.54) is 12.1 Å². The molecule has 28 heavy (non-hydrogen) atoms. The summed E-state index contributed by atoms with van der Waals surface area (Å²) < 4.78 is 38.6. The maximum Gasteiger partial charge on any atom is 0.416 e. The van der Waals surface area contributed by atoms with Crippen LogP contribution in [0.4, 0.5) is 13.2 Å². The quantitative estimate of drug-likeness (QED) is 0.813. The van der Waals surface area contributed by atoms with Crippen molar-refractivity contribution in [3.05, 3.63) is 70.8 Å². The lowest BCUT2D eigenvalue weighted by Gasteiger charge is -2.28. The van der Waals surface area contributed by atoms with E-state index in [0.29, 0.717) is 18.3 Å². The van der Waals surface area contributed by atoms with E-state index >= 15 is 0 Å². The van der Waals surface area contributed by atoms with Crippen LogP contribution in [0.25, 0.3) is 0 Å². The van der Waals surface area contributed by atoms with Crippen LogP contribution in [0.3, 0.4) is 0 Å². The standard InChI is InChI=1S/C23H26F3NO/c1-16-5-2-3-8-21(16)22(28)12-18-14-27(15-19(18)13-22)10-9-17-6-4-7-20(11-17)23(24,25)26/h2-8,11,18-19,28H,9-10,12-15H2,1H3. The fraction of sp³-hybridized carbons (Fsp3) is 0.478. The Kier molecular flexibility index (Phi) is 5.00. The Morgan fingerprint density at radius 3 is 2.36 bits per heavy atom. The molecular weight excluding hydrogens is 363 g/mol. The summed E-state index contributed by atoms with van der Waals surface area (Å²) in [5.41, 5.74) is 1.58. The summed E-state index contributed by atoms with van der Waals surface area (Å²) in [5.74, 6) is 0.900. The summed E-state index contributed by atoms with van der Waals surface area (Å²) in [6.07, 6.45) is -2.14. The van der Waals surface area contributed by atoms with Gasteiger partial charge in [-0.15, -0.1) is 0 Å². The monoisotopic (exact) mass is 389 g/mol. The molecule has 2 fully saturated rings. The molecule has 150 valence electrons. The number of likely N-dealkylation sites (tertiary alicyclic amines) is 1. The summed E-state index contributed by atoms with van der Waals surface area (Å²) in [6, 6.07) is 13.7. The maximum absolute atomic E-state index is 12.9. The Morgan fingerprint density at radius 2 is 1.71 bits per heavy atom. The molecule has 0 amide bonds. The number of aliphatic hydroxyl groups is 1. The second-order valence-corrected chi connectivity index (χ2v) is 8.48. The number of fused-ring (bicyclic) bond motifs is 1. The van der Waals surface area contributed by atoms with Crippen molar-refractivity contribution in [3.8, 4) is 0 Å². The Morgan fingerprint density at radius 1 is 1.04 bits per heavy atom. The van der Waals surface area contributed by atoms with Gasteiger partial charge in [0.05, 0.1) is 11.2 Å². The highest BCUT2D eigenvalue weighted by Gasteiger charge is 2.49. The van der Waals surface area contributed by atoms with Crippen LogP contribution >= 0.6 is 0 Å². The van der Waals surface area contributed by atoms with Crippen molar-refractivity contribution in [1.82, 2.24) is 4.90 Å². The summed E-state index contributed by atoms with van der Waals surface area (Å²) in [4.78, 5) is 2.34. The van der Waals surface area contributed by atoms with Gasteiger partial charge in [0.2, 0.25) is 0 Å². The summed E-state index contributed by atoms with van der Waals surface area (Å²) in [7, 11) is 0. The first-order valence-electron chi connectivity index (χ1n) is 9.91. The average molecular weight is 389 g/mol. The third kappa shape index (κ3) is 3.83. The van der Waals surface area contributed by atoms with E-state index in [1.54, 1.807) is 6.07 Å². The van der Waals surface area contributed by atoms with Crippen LogP contribution in [0, 0.1) is 18.8 Å². The van der Waals surface area contributed by atoms with Crippen LogP contribution in [0.1, 0.15) is 35.1 Å². The lowest BCUT2D eigenvalue weighted by atomic mass is 9.87. The first-order chi connectivity index (χ1) is 13.2. The number of halogens is 3. The van der Waals surface area contributed by atoms with E-state index in [9.17, 15) is 18.3 Å². The number of alkyl halides is 3. The Labute approximate surface area is 164 Å². The minimum absolute atomic E-state index is 0.450. The van der Waals surface area contributed by atoms with E-state index in [1.807, 2.05) is 31.2 Å². The smallest absolute Gasteiger partial charge is 0.385 e. The van der Waals surface area contributed by atoms with Crippen molar-refractivity contribution in [2.75, 3.05) is 19.6 Å². The largest absolute Gasteiger partial charge is 0.416 e. The van der Waals surface area contributed by atoms with Gasteiger partial charge < -0.3 is 10.0 Å². The van der Waals surface area contributed by atoms with Gasteiger partial charge in [0.15, 0.2) is 0 Å². The van der Waals surface area contributed by atoms with Gasteiger partial charge in [0, 0.05) is 19.6 Å². The van der Waals surface area contributed by atoms with Gasteiger partial charge in [-0.05, 0) is 60.8 Å². The number of nitrogens with zero attached hydrogens (tertiary/aromatic N) is 1. The number of rotatable bonds is 4. The molecule has 0 spiro atoms. The number of aryl methyl sites for hydroxylation is 1. The average Bonchev–Trinajstić information content (AvgIpc) is 3.15. The van der Waals surface area contributed by atoms with E-state index in [0.717, 1.165) is 55.2 Å². The molecule has 2 unspecified atom stereocenters. The third-order valence-corrected chi connectivity index (χ3v) is 6.47. The second kappa shape index (κ2) is 7.20. The first kappa shape index (κ1) is 19.5. The van der Waals surface area contributed by atoms with E-state index in [-0.39, 0.29) is 0 Å². The van der Waals surface area contributed by atoms with Crippen LogP contribution in [0.15, 0.2) is 48.5 Å². The summed E-state index contributed by atoms with van der Waals surface area (Å²) in [5, 5.41) is 11.2. The van der Waals surface area contributed by atoms with Crippen molar-refractivity contribution in [1.29, 1.82) is 0 Å². The molecule has 2 nitrogen and oxygen atoms in total. The number of hydrogen-bond acceptors (Lipinski definition) is 2. The molecule has 1 saturated carbocycles. The van der Waals surface area contributed by atoms with Gasteiger partial charge in [-0.25, -0.2) is 0 Å². The molecule has 4 rings (SSSR count). The lowest BCUT2D eigenvalue weighted by Crippen LogP contribution is -2.30. The zero-order valence-corrected chi connectivity index (χ0v) is 16.0. The van der Waals surface area contributed by atoms with Crippen molar-refractivity contribution >= 4 is 0 Å². The normalized spacial score (nSPS) is 27.9. The van der Waals surface area contributed by atoms with E-state index < -0.39 is 17.3 Å². The maximum atomic E-state index is 12.9. The van der Waals surface area contributed by atoms with Gasteiger partial charge in [0.1, 0.15) is 0 Å². The zero-order valence-electron chi connectivity index (χ0n) is 16.0. The molecule has 2 aliphatic rings. The molecule has 1 heterocycles. The molecule has 1 aliphatic carbocycles. The molecule has 5 heteroatoms. The molecule has 1 N–H and O–H groups in total. The SMILES string of the molecule is Cc1ccccc1C1(O)CC2CN(CCc3cccc(C(F)(F)F)c3)CC2C1. The van der Waals surface area contributed by atoms with Gasteiger partial charge in [-0.1, -0.05) is 42.5 Å². The predicted molar refractivity (Wildman–Crippen MR) is 103 cm³/mol. The highest BCUT2D eigenvalue weighted by molar-refractivity contribution is 5.33. The Hall–Kier alpha value is -1.85. The second-order valence-electron chi connectivity index (χ2n) is 8.48. The summed E-state index contributed by atoms with van der Waals surface area (Å²) >= 11 is 0. The van der Waals surface area contributed by atoms with Crippen LogP contribution in [0.5, 0.6) is 0 Å². The van der Waals surface area contributed by atoms with Crippen LogP contribution in [-0.4, -0.2) is 29.6 Å². The van der Waals surface area contributed by atoms with E-state index in [2.05, 4.69) is 4.90 Å². The van der Waals surface area contributed by atoms with Crippen molar-refractivity contribution in [2.24, 2.45) is 11.8 Å². The minimum Gasteiger partial charge on any atom is -0.385 e. The fourth-order valence-electron chi connectivity index (χ4n) is 5.14. The van der Waals surface area contributed by atoms with Crippen molar-refractivity contribution in [2.45, 2.75) is 38.0 Å². The van der Waals surface area contributed by atoms with Crippen LogP contribution < -0.4 is 0 Å². The Balaban J connectivity index is 1.35. The Bertz CT molecular complexity index is 834. The molecule has 1 saturated heterocycles. The molecule has 2 aromatic rings. The van der Waals surface area contributed by atoms with Gasteiger partial charge in [0.25, 0.3) is 0 Å². The highest BCUT2D eigenvalue weighted by Crippen LogP contribution is 2.49.